The lowest BCUT2D eigenvalue weighted by Gasteiger charge is -2.31. The van der Waals surface area contributed by atoms with Gasteiger partial charge in [0.15, 0.2) is 0 Å². The van der Waals surface area contributed by atoms with Crippen molar-refractivity contribution in [1.82, 2.24) is 68.8 Å². The van der Waals surface area contributed by atoms with Crippen molar-refractivity contribution < 1.29 is 92.3 Å². The molecule has 2 aromatic carbocycles. The summed E-state index contributed by atoms with van der Waals surface area (Å²) in [7, 11) is 0. The fourth-order valence-corrected chi connectivity index (χ4v) is 11.5. The molecule has 23 N–H and O–H groups in total. The molecule has 600 valence electrons. The monoisotopic (exact) mass is 1520 g/mol. The lowest BCUT2D eigenvalue weighted by Crippen LogP contribution is -2.62. The van der Waals surface area contributed by atoms with Gasteiger partial charge >= 0.3 is 17.9 Å². The van der Waals surface area contributed by atoms with Gasteiger partial charge in [-0.25, -0.2) is 4.79 Å². The van der Waals surface area contributed by atoms with Crippen LogP contribution in [0.15, 0.2) is 60.8 Å². The van der Waals surface area contributed by atoms with Gasteiger partial charge in [-0.3, -0.25) is 67.1 Å². The molecule has 0 spiro atoms. The second-order valence-corrected chi connectivity index (χ2v) is 27.6. The number of carbonyl (C=O) groups excluding carboxylic acids is 12. The van der Waals surface area contributed by atoms with Crippen LogP contribution in [-0.4, -0.2) is 213 Å². The van der Waals surface area contributed by atoms with Crippen molar-refractivity contribution in [3.05, 3.63) is 71.9 Å². The molecule has 0 aliphatic carbocycles. The van der Waals surface area contributed by atoms with Crippen LogP contribution >= 0.6 is 0 Å². The number of para-hydroxylation sites is 1. The van der Waals surface area contributed by atoms with Crippen LogP contribution in [0.1, 0.15) is 157 Å². The van der Waals surface area contributed by atoms with E-state index in [2.05, 4.69) is 68.8 Å². The van der Waals surface area contributed by atoms with Crippen LogP contribution in [0.4, 0.5) is 0 Å². The Morgan fingerprint density at radius 3 is 1.31 bits per heavy atom. The van der Waals surface area contributed by atoms with Crippen LogP contribution < -0.4 is 81.0 Å². The van der Waals surface area contributed by atoms with Crippen LogP contribution in [0.25, 0.3) is 10.9 Å². The number of aliphatic hydroxyl groups excluding tert-OH is 1. The van der Waals surface area contributed by atoms with Gasteiger partial charge in [0, 0.05) is 36.4 Å². The minimum atomic E-state index is -1.87. The smallest absolute Gasteiger partial charge is 0.326 e. The second kappa shape index (κ2) is 47.5. The fraction of sp³-hybridized carbons (Fsp3) is 0.603. The van der Waals surface area contributed by atoms with Crippen LogP contribution in [0.2, 0.25) is 0 Å². The first-order valence-electron chi connectivity index (χ1n) is 36.8. The number of hydrogen-bond donors (Lipinski definition) is 20. The van der Waals surface area contributed by atoms with Crippen molar-refractivity contribution in [2.24, 2.45) is 40.9 Å². The maximum atomic E-state index is 14.7. The normalized spacial score (nSPS) is 15.4. The molecule has 108 heavy (non-hydrogen) atoms. The molecule has 12 amide bonds. The van der Waals surface area contributed by atoms with Gasteiger partial charge in [-0.1, -0.05) is 123 Å². The molecule has 0 aliphatic rings. The number of fused-ring (bicyclic) bond motifs is 1. The van der Waals surface area contributed by atoms with E-state index >= 15 is 0 Å². The number of carboxylic acids is 3. The number of carboxylic acid groups (broad SMARTS) is 3. The third-order valence-corrected chi connectivity index (χ3v) is 18.6. The summed E-state index contributed by atoms with van der Waals surface area (Å²) in [6.45, 7) is 13.5. The summed E-state index contributed by atoms with van der Waals surface area (Å²) in [4.78, 5) is 208. The van der Waals surface area contributed by atoms with E-state index in [-0.39, 0.29) is 83.2 Å². The number of unbranched alkanes of at least 4 members (excludes halogenated alkanes) is 2. The van der Waals surface area contributed by atoms with E-state index in [4.69, 9.17) is 17.2 Å². The topological polar surface area (TPSA) is 575 Å². The highest BCUT2D eigenvalue weighted by Gasteiger charge is 2.40. The van der Waals surface area contributed by atoms with Crippen molar-refractivity contribution in [1.29, 1.82) is 0 Å². The summed E-state index contributed by atoms with van der Waals surface area (Å²) >= 11 is 0. The average Bonchev–Trinajstić information content (AvgIpc) is 1.61. The number of aromatic nitrogens is 1. The number of aromatic amines is 1. The minimum absolute atomic E-state index is 0.00663. The predicted octanol–water partition coefficient (Wildman–Crippen LogP) is -1.39. The quantitative estimate of drug-likeness (QED) is 0.0289. The van der Waals surface area contributed by atoms with E-state index in [1.807, 2.05) is 18.2 Å². The highest BCUT2D eigenvalue weighted by Crippen LogP contribution is 2.21. The second-order valence-electron chi connectivity index (χ2n) is 27.6. The molecule has 0 unspecified atom stereocenters. The summed E-state index contributed by atoms with van der Waals surface area (Å²) in [5, 5.41) is 70.7. The standard InChI is InChI=1S/C73H114N16O19/c1-10-40(6)59(70(104)78-43(9)62(96)86-55(38-90)69(103)81-50(28-29-57(92)93)64(98)85-54(73(107)108)32-39(4)5)87-65(99)49(27-19-21-31-75)80-63(97)48(26-18-20-30-74)82-71(105)60(41(7)11-2)89-72(106)61(42(8)12-3)88-68(102)53(35-58(94)95)84-66(100)51(33-44-22-14-13-15-23-44)83-67(101)52(79-56(91)36-76)34-45-37-77-47-25-17-16-24-46(45)47/h13-17,22-25,37,39-43,48-55,59-61,77,90H,10-12,18-21,26-36,38,74-76H2,1-9H3,(H,78,104)(H,79,91)(H,80,97)(H,81,103)(H,82,105)(H,83,101)(H,84,100)(H,85,98)(H,86,96)(H,87,99)(H,88,102)(H,89,106)(H,92,93)(H,94,95)(H,107,108)/t40-,41-,42-,43-,48-,49-,50-,51-,52-,53-,54-,55-,59-,60-,61-/m0/s1. The van der Waals surface area contributed by atoms with Crippen molar-refractivity contribution >= 4 is 99.7 Å². The van der Waals surface area contributed by atoms with Gasteiger partial charge in [-0.15, -0.1) is 0 Å². The first-order chi connectivity index (χ1) is 51.2. The zero-order valence-corrected chi connectivity index (χ0v) is 63.1. The average molecular weight is 1520 g/mol. The highest BCUT2D eigenvalue weighted by molar-refractivity contribution is 6.00. The first-order valence-corrected chi connectivity index (χ1v) is 36.8. The van der Waals surface area contributed by atoms with Gasteiger partial charge in [-0.2, -0.15) is 0 Å². The summed E-state index contributed by atoms with van der Waals surface area (Å²) in [6, 6.07) is -2.27. The molecule has 15 atom stereocenters. The molecule has 0 aliphatic heterocycles. The van der Waals surface area contributed by atoms with Gasteiger partial charge < -0.3 is 106 Å². The molecule has 0 saturated carbocycles. The van der Waals surface area contributed by atoms with Crippen molar-refractivity contribution in [3.8, 4) is 0 Å². The molecule has 3 aromatic rings. The van der Waals surface area contributed by atoms with Gasteiger partial charge in [0.25, 0.3) is 0 Å². The number of H-pyrrole nitrogens is 1. The Labute approximate surface area is 628 Å². The van der Waals surface area contributed by atoms with Crippen LogP contribution in [0.3, 0.4) is 0 Å². The predicted molar refractivity (Wildman–Crippen MR) is 398 cm³/mol. The van der Waals surface area contributed by atoms with Gasteiger partial charge in [0.2, 0.25) is 70.9 Å². The summed E-state index contributed by atoms with van der Waals surface area (Å²) < 4.78 is 0. The van der Waals surface area contributed by atoms with E-state index in [9.17, 15) is 92.3 Å². The molecule has 1 aromatic heterocycles. The van der Waals surface area contributed by atoms with E-state index in [1.54, 1.807) is 98.0 Å². The van der Waals surface area contributed by atoms with Crippen LogP contribution in [0, 0.1) is 23.7 Å². The third kappa shape index (κ3) is 31.0. The Morgan fingerprint density at radius 2 is 0.824 bits per heavy atom. The molecule has 0 saturated heterocycles. The van der Waals surface area contributed by atoms with Crippen molar-refractivity contribution in [3.63, 3.8) is 0 Å². The van der Waals surface area contributed by atoms with E-state index < -0.39 is 211 Å². The molecule has 0 fully saturated rings. The Hall–Kier alpha value is -10.1. The Morgan fingerprint density at radius 1 is 0.417 bits per heavy atom. The van der Waals surface area contributed by atoms with E-state index in [1.165, 1.54) is 6.92 Å². The Kier molecular flexibility index (Phi) is 40.5. The SMILES string of the molecule is CC[C@H](C)[C@H](NC(=O)[C@H](CCCCN)NC(=O)[C@H](CCCCN)NC(=O)[C@@H](NC(=O)[C@@H](NC(=O)[C@H](CC(=O)O)NC(=O)[C@H](Cc1ccccc1)NC(=O)[C@H](Cc1c[nH]c2ccccc12)NC(=O)CN)[C@@H](C)CC)[C@@H](C)CC)C(=O)N[C@@H](C)C(=O)N[C@@H](CO)C(=O)N[C@@H](CCC(=O)O)C(=O)N[C@@H](CC(C)C)C(=O)O. The number of rotatable bonds is 51. The minimum Gasteiger partial charge on any atom is -0.481 e. The number of aliphatic carboxylic acids is 3. The molecular formula is C73H114N16O19. The highest BCUT2D eigenvalue weighted by atomic mass is 16.4. The van der Waals surface area contributed by atoms with Gasteiger partial charge in [0.05, 0.1) is 19.6 Å². The molecule has 0 radical (unpaired) electrons. The summed E-state index contributed by atoms with van der Waals surface area (Å²) in [5.74, 6) is -17.7. The molecular weight excluding hydrogens is 1400 g/mol. The maximum Gasteiger partial charge on any atom is 0.326 e. The van der Waals surface area contributed by atoms with Gasteiger partial charge in [0.1, 0.15) is 72.5 Å². The molecule has 35 nitrogen and oxygen atoms in total. The number of aliphatic hydroxyl groups is 1. The van der Waals surface area contributed by atoms with Crippen LogP contribution in [0.5, 0.6) is 0 Å². The zero-order valence-electron chi connectivity index (χ0n) is 63.1. The fourth-order valence-electron chi connectivity index (χ4n) is 11.5. The molecule has 0 bridgehead atoms. The van der Waals surface area contributed by atoms with E-state index in [0.29, 0.717) is 24.0 Å². The Bertz CT molecular complexity index is 3500. The zero-order chi connectivity index (χ0) is 80.9. The third-order valence-electron chi connectivity index (χ3n) is 18.6. The lowest BCUT2D eigenvalue weighted by molar-refractivity contribution is -0.143. The number of benzene rings is 2. The molecule has 3 rings (SSSR count). The number of nitrogens with one attached hydrogen (secondary N) is 13. The summed E-state index contributed by atoms with van der Waals surface area (Å²) in [6.07, 6.45) is 1.34. The largest absolute Gasteiger partial charge is 0.481 e. The number of nitrogens with two attached hydrogens (primary N) is 3. The molecule has 1 heterocycles. The molecule has 35 heteroatoms. The lowest BCUT2D eigenvalue weighted by atomic mass is 9.94. The maximum absolute atomic E-state index is 14.7. The van der Waals surface area contributed by atoms with E-state index in [0.717, 1.165) is 10.9 Å². The number of carbonyl (C=O) groups is 15. The summed E-state index contributed by atoms with van der Waals surface area (Å²) in [5.41, 5.74) is 19.3. The first kappa shape index (κ1) is 92.1. The van der Waals surface area contributed by atoms with Gasteiger partial charge in [-0.05, 0) is 112 Å². The number of amides is 12. The van der Waals surface area contributed by atoms with Crippen molar-refractivity contribution in [2.75, 3.05) is 26.2 Å². The van der Waals surface area contributed by atoms with Crippen LogP contribution in [-0.2, 0) is 84.8 Å². The number of hydrogen-bond acceptors (Lipinski definition) is 19. The van der Waals surface area contributed by atoms with Crippen molar-refractivity contribution in [2.45, 2.75) is 231 Å². The Balaban J connectivity index is 1.90.